The van der Waals surface area contributed by atoms with Crippen LogP contribution in [-0.4, -0.2) is 15.0 Å². The number of halogens is 1. The molecule has 0 aliphatic rings. The van der Waals surface area contributed by atoms with Crippen LogP contribution in [0.4, 0.5) is 0 Å². The molecule has 2 aromatic carbocycles. The number of hydrogen-bond donors (Lipinski definition) is 2. The maximum Gasteiger partial charge on any atom is 0.240 e. The molecule has 0 spiro atoms. The second-order valence-electron chi connectivity index (χ2n) is 4.27. The van der Waals surface area contributed by atoms with Crippen LogP contribution in [0.3, 0.4) is 0 Å². The molecule has 3 nitrogen and oxygen atoms in total. The number of thiol groups is 1. The molecule has 0 atom stereocenters. The van der Waals surface area contributed by atoms with E-state index < -0.39 is 10.0 Å². The third-order valence-corrected chi connectivity index (χ3v) is 4.79. The van der Waals surface area contributed by atoms with E-state index in [1.54, 1.807) is 12.1 Å². The fourth-order valence-electron chi connectivity index (χ4n) is 1.69. The average Bonchev–Trinajstić information content (AvgIpc) is 2.41. The van der Waals surface area contributed by atoms with Gasteiger partial charge in [-0.15, -0.1) is 12.6 Å². The lowest BCUT2D eigenvalue weighted by Crippen LogP contribution is -2.25. The summed E-state index contributed by atoms with van der Waals surface area (Å²) in [5.74, 6) is 0. The SMILES string of the molecule is O=S(=O)(NCCc1ccc(S)cc1)c1ccc(Cl)cc1. The molecule has 0 radical (unpaired) electrons. The Morgan fingerprint density at radius 1 is 1.00 bits per heavy atom. The summed E-state index contributed by atoms with van der Waals surface area (Å²) in [6.45, 7) is 0.344. The van der Waals surface area contributed by atoms with E-state index in [-0.39, 0.29) is 4.90 Å². The number of hydrogen-bond acceptors (Lipinski definition) is 3. The van der Waals surface area contributed by atoms with Crippen molar-refractivity contribution in [1.82, 2.24) is 4.72 Å². The van der Waals surface area contributed by atoms with Crippen molar-refractivity contribution in [1.29, 1.82) is 0 Å². The normalized spacial score (nSPS) is 11.5. The summed E-state index contributed by atoms with van der Waals surface area (Å²) in [7, 11) is -3.48. The highest BCUT2D eigenvalue weighted by Crippen LogP contribution is 2.14. The summed E-state index contributed by atoms with van der Waals surface area (Å²) < 4.78 is 26.6. The fraction of sp³-hybridized carbons (Fsp3) is 0.143. The Kier molecular flexibility index (Phi) is 5.10. The van der Waals surface area contributed by atoms with Crippen LogP contribution >= 0.6 is 24.2 Å². The van der Waals surface area contributed by atoms with Gasteiger partial charge in [0.05, 0.1) is 4.90 Å². The summed E-state index contributed by atoms with van der Waals surface area (Å²) in [6, 6.07) is 13.7. The summed E-state index contributed by atoms with van der Waals surface area (Å²) >= 11 is 9.94. The number of rotatable bonds is 5. The molecule has 0 fully saturated rings. The number of nitrogens with one attached hydrogen (secondary N) is 1. The largest absolute Gasteiger partial charge is 0.240 e. The Morgan fingerprint density at radius 2 is 1.60 bits per heavy atom. The minimum atomic E-state index is -3.48. The highest BCUT2D eigenvalue weighted by Gasteiger charge is 2.12. The van der Waals surface area contributed by atoms with Crippen molar-refractivity contribution in [3.05, 3.63) is 59.1 Å². The molecule has 6 heteroatoms. The highest BCUT2D eigenvalue weighted by molar-refractivity contribution is 7.89. The van der Waals surface area contributed by atoms with Gasteiger partial charge >= 0.3 is 0 Å². The quantitative estimate of drug-likeness (QED) is 0.829. The van der Waals surface area contributed by atoms with Crippen LogP contribution in [0, 0.1) is 0 Å². The van der Waals surface area contributed by atoms with E-state index in [1.165, 1.54) is 12.1 Å². The molecule has 0 unspecified atom stereocenters. The van der Waals surface area contributed by atoms with E-state index in [4.69, 9.17) is 11.6 Å². The van der Waals surface area contributed by atoms with E-state index in [0.29, 0.717) is 18.0 Å². The van der Waals surface area contributed by atoms with Gasteiger partial charge in [-0.3, -0.25) is 0 Å². The van der Waals surface area contributed by atoms with E-state index >= 15 is 0 Å². The zero-order chi connectivity index (χ0) is 14.6. The minimum Gasteiger partial charge on any atom is -0.211 e. The van der Waals surface area contributed by atoms with E-state index in [9.17, 15) is 8.42 Å². The molecule has 2 rings (SSSR count). The Hall–Kier alpha value is -1.01. The molecule has 0 heterocycles. The van der Waals surface area contributed by atoms with Crippen LogP contribution in [0.5, 0.6) is 0 Å². The van der Waals surface area contributed by atoms with E-state index in [0.717, 1.165) is 10.5 Å². The first-order chi connectivity index (χ1) is 9.47. The molecular formula is C14H14ClNO2S2. The fourth-order valence-corrected chi connectivity index (χ4v) is 3.00. The van der Waals surface area contributed by atoms with E-state index in [2.05, 4.69) is 17.4 Å². The van der Waals surface area contributed by atoms with E-state index in [1.807, 2.05) is 24.3 Å². The number of sulfonamides is 1. The van der Waals surface area contributed by atoms with Gasteiger partial charge in [-0.1, -0.05) is 23.7 Å². The molecule has 0 aromatic heterocycles. The average molecular weight is 328 g/mol. The van der Waals surface area contributed by atoms with Crippen LogP contribution in [0.15, 0.2) is 58.3 Å². The maximum absolute atomic E-state index is 12.0. The number of benzene rings is 2. The first-order valence-electron chi connectivity index (χ1n) is 6.00. The molecule has 0 aliphatic carbocycles. The van der Waals surface area contributed by atoms with Crippen molar-refractivity contribution in [2.24, 2.45) is 0 Å². The van der Waals surface area contributed by atoms with Gasteiger partial charge in [0.1, 0.15) is 0 Å². The minimum absolute atomic E-state index is 0.215. The summed E-state index contributed by atoms with van der Waals surface area (Å²) in [5, 5.41) is 0.510. The Bertz CT molecular complexity index is 667. The lowest BCUT2D eigenvalue weighted by atomic mass is 10.2. The van der Waals surface area contributed by atoms with Gasteiger partial charge in [-0.2, -0.15) is 0 Å². The van der Waals surface area contributed by atoms with Gasteiger partial charge in [0, 0.05) is 16.5 Å². The van der Waals surface area contributed by atoms with Gasteiger partial charge in [0.15, 0.2) is 0 Å². The van der Waals surface area contributed by atoms with Crippen molar-refractivity contribution in [3.8, 4) is 0 Å². The molecule has 0 saturated heterocycles. The summed E-state index contributed by atoms with van der Waals surface area (Å²) in [6.07, 6.45) is 0.626. The maximum atomic E-state index is 12.0. The molecule has 0 saturated carbocycles. The standard InChI is InChI=1S/C14H14ClNO2S2/c15-12-3-7-14(8-4-12)20(17,18)16-10-9-11-1-5-13(19)6-2-11/h1-8,16,19H,9-10H2. The van der Waals surface area contributed by atoms with Crippen LogP contribution in [0.1, 0.15) is 5.56 Å². The topological polar surface area (TPSA) is 46.2 Å². The zero-order valence-electron chi connectivity index (χ0n) is 10.6. The summed E-state index contributed by atoms with van der Waals surface area (Å²) in [4.78, 5) is 1.10. The van der Waals surface area contributed by atoms with Gasteiger partial charge in [0.2, 0.25) is 10.0 Å². The van der Waals surface area contributed by atoms with Crippen LogP contribution in [-0.2, 0) is 16.4 Å². The lowest BCUT2D eigenvalue weighted by Gasteiger charge is -2.07. The van der Waals surface area contributed by atoms with Crippen molar-refractivity contribution in [3.63, 3.8) is 0 Å². The van der Waals surface area contributed by atoms with Gasteiger partial charge in [-0.25, -0.2) is 13.1 Å². The monoisotopic (exact) mass is 327 g/mol. The van der Waals surface area contributed by atoms with Gasteiger partial charge < -0.3 is 0 Å². The second-order valence-corrected chi connectivity index (χ2v) is 6.99. The molecule has 0 amide bonds. The molecule has 106 valence electrons. The lowest BCUT2D eigenvalue weighted by molar-refractivity contribution is 0.581. The third-order valence-electron chi connectivity index (χ3n) is 2.77. The van der Waals surface area contributed by atoms with Crippen molar-refractivity contribution in [2.45, 2.75) is 16.2 Å². The molecule has 0 bridgehead atoms. The predicted octanol–water partition coefficient (Wildman–Crippen LogP) is 3.15. The molecule has 2 aromatic rings. The Morgan fingerprint density at radius 3 is 2.20 bits per heavy atom. The molecule has 1 N–H and O–H groups in total. The Balaban J connectivity index is 1.96. The first-order valence-corrected chi connectivity index (χ1v) is 8.31. The van der Waals surface area contributed by atoms with Crippen LogP contribution < -0.4 is 4.72 Å². The van der Waals surface area contributed by atoms with Crippen molar-refractivity contribution >= 4 is 34.3 Å². The third kappa shape index (κ3) is 4.24. The zero-order valence-corrected chi connectivity index (χ0v) is 13.0. The predicted molar refractivity (Wildman–Crippen MR) is 84.0 cm³/mol. The first kappa shape index (κ1) is 15.4. The van der Waals surface area contributed by atoms with Gasteiger partial charge in [-0.05, 0) is 48.4 Å². The smallest absolute Gasteiger partial charge is 0.211 e. The Labute approximate surface area is 129 Å². The van der Waals surface area contributed by atoms with Crippen molar-refractivity contribution in [2.75, 3.05) is 6.54 Å². The molecular weight excluding hydrogens is 314 g/mol. The summed E-state index contributed by atoms with van der Waals surface area (Å²) in [5.41, 5.74) is 1.06. The van der Waals surface area contributed by atoms with Crippen LogP contribution in [0.25, 0.3) is 0 Å². The molecule has 0 aliphatic heterocycles. The molecule has 20 heavy (non-hydrogen) atoms. The van der Waals surface area contributed by atoms with Crippen molar-refractivity contribution < 1.29 is 8.42 Å². The highest BCUT2D eigenvalue weighted by atomic mass is 35.5. The van der Waals surface area contributed by atoms with Crippen LogP contribution in [0.2, 0.25) is 5.02 Å². The second kappa shape index (κ2) is 6.63. The van der Waals surface area contributed by atoms with Gasteiger partial charge in [0.25, 0.3) is 0 Å².